The highest BCUT2D eigenvalue weighted by Crippen LogP contribution is 2.26. The highest BCUT2D eigenvalue weighted by Gasteiger charge is 2.21. The predicted octanol–water partition coefficient (Wildman–Crippen LogP) is 4.45. The first-order valence-electron chi connectivity index (χ1n) is 7.64. The van der Waals surface area contributed by atoms with Crippen molar-refractivity contribution in [3.63, 3.8) is 0 Å². The van der Waals surface area contributed by atoms with Crippen LogP contribution in [0.4, 0.5) is 0 Å². The average molecular weight is 391 g/mol. The van der Waals surface area contributed by atoms with Gasteiger partial charge in [0.2, 0.25) is 5.78 Å². The number of Topliss-reactive ketones (excluding diaryl/α,β-unsaturated/α-hetero) is 1. The van der Waals surface area contributed by atoms with E-state index >= 15 is 0 Å². The van der Waals surface area contributed by atoms with Crippen LogP contribution in [-0.4, -0.2) is 25.0 Å². The summed E-state index contributed by atoms with van der Waals surface area (Å²) in [6, 6.07) is 12.2. The number of hydrogen-bond acceptors (Lipinski definition) is 4. The number of methoxy groups -OCH3 is 1. The van der Waals surface area contributed by atoms with E-state index in [1.54, 1.807) is 44.4 Å². The minimum atomic E-state index is -0.856. The van der Waals surface area contributed by atoms with Crippen molar-refractivity contribution in [1.29, 1.82) is 0 Å². The normalized spacial score (nSPS) is 11.7. The molecule has 2 rings (SSSR count). The molecule has 0 aliphatic rings. The van der Waals surface area contributed by atoms with Crippen LogP contribution in [0.5, 0.6) is 5.75 Å². The third-order valence-corrected chi connectivity index (χ3v) is 4.31. The van der Waals surface area contributed by atoms with Crippen LogP contribution < -0.4 is 4.74 Å². The van der Waals surface area contributed by atoms with Crippen LogP contribution in [0.1, 0.15) is 40.1 Å². The van der Waals surface area contributed by atoms with Gasteiger partial charge in [0.1, 0.15) is 5.75 Å². The van der Waals surface area contributed by atoms with Gasteiger partial charge in [-0.3, -0.25) is 4.79 Å². The van der Waals surface area contributed by atoms with Crippen LogP contribution in [0.15, 0.2) is 46.9 Å². The SMILES string of the molecule is CCc1ccc(C(=O)[C@H](C)OC(=O)c2ccc(OC)c(Br)c2)cc1. The monoisotopic (exact) mass is 390 g/mol. The Kier molecular flexibility index (Phi) is 6.15. The lowest BCUT2D eigenvalue weighted by Gasteiger charge is -2.13. The summed E-state index contributed by atoms with van der Waals surface area (Å²) < 4.78 is 11.1. The van der Waals surface area contributed by atoms with E-state index < -0.39 is 12.1 Å². The number of ether oxygens (including phenoxy) is 2. The van der Waals surface area contributed by atoms with Gasteiger partial charge in [-0.2, -0.15) is 0 Å². The molecular weight excluding hydrogens is 372 g/mol. The largest absolute Gasteiger partial charge is 0.496 e. The van der Waals surface area contributed by atoms with Crippen molar-refractivity contribution >= 4 is 27.7 Å². The zero-order chi connectivity index (χ0) is 17.7. The van der Waals surface area contributed by atoms with Gasteiger partial charge in [0.05, 0.1) is 17.1 Å². The number of carbonyl (C=O) groups is 2. The Balaban J connectivity index is 2.07. The van der Waals surface area contributed by atoms with Crippen molar-refractivity contribution in [3.8, 4) is 5.75 Å². The number of ketones is 1. The van der Waals surface area contributed by atoms with E-state index in [1.807, 2.05) is 19.1 Å². The molecule has 0 spiro atoms. The third-order valence-electron chi connectivity index (χ3n) is 3.69. The molecule has 24 heavy (non-hydrogen) atoms. The molecule has 0 bridgehead atoms. The van der Waals surface area contributed by atoms with Gasteiger partial charge in [-0.1, -0.05) is 31.2 Å². The fourth-order valence-electron chi connectivity index (χ4n) is 2.21. The Morgan fingerprint density at radius 1 is 1.08 bits per heavy atom. The number of rotatable bonds is 6. The lowest BCUT2D eigenvalue weighted by atomic mass is 10.0. The van der Waals surface area contributed by atoms with Gasteiger partial charge in [0.15, 0.2) is 6.10 Å². The highest BCUT2D eigenvalue weighted by atomic mass is 79.9. The van der Waals surface area contributed by atoms with Gasteiger partial charge in [-0.15, -0.1) is 0 Å². The van der Waals surface area contributed by atoms with Crippen LogP contribution in [0.2, 0.25) is 0 Å². The second-order valence-electron chi connectivity index (χ2n) is 5.31. The summed E-state index contributed by atoms with van der Waals surface area (Å²) in [6.45, 7) is 3.63. The van der Waals surface area contributed by atoms with Crippen molar-refractivity contribution in [3.05, 3.63) is 63.6 Å². The van der Waals surface area contributed by atoms with E-state index in [-0.39, 0.29) is 5.78 Å². The lowest BCUT2D eigenvalue weighted by Crippen LogP contribution is -2.24. The molecule has 2 aromatic rings. The molecule has 0 aliphatic carbocycles. The fraction of sp³-hybridized carbons (Fsp3) is 0.263. The molecule has 0 aromatic heterocycles. The highest BCUT2D eigenvalue weighted by molar-refractivity contribution is 9.10. The molecule has 0 N–H and O–H groups in total. The van der Waals surface area contributed by atoms with Gasteiger partial charge in [0, 0.05) is 5.56 Å². The maximum absolute atomic E-state index is 12.4. The molecule has 1 atom stereocenters. The molecule has 0 saturated carbocycles. The lowest BCUT2D eigenvalue weighted by molar-refractivity contribution is 0.0318. The van der Waals surface area contributed by atoms with Gasteiger partial charge in [-0.05, 0) is 53.0 Å². The van der Waals surface area contributed by atoms with E-state index in [1.165, 1.54) is 0 Å². The summed E-state index contributed by atoms with van der Waals surface area (Å²) >= 11 is 3.32. The Hall–Kier alpha value is -2.14. The number of benzene rings is 2. The summed E-state index contributed by atoms with van der Waals surface area (Å²) in [5.74, 6) is -0.158. The van der Waals surface area contributed by atoms with E-state index in [4.69, 9.17) is 9.47 Å². The number of aryl methyl sites for hydroxylation is 1. The summed E-state index contributed by atoms with van der Waals surface area (Å²) in [7, 11) is 1.54. The first kappa shape index (κ1) is 18.2. The average Bonchev–Trinajstić information content (AvgIpc) is 2.60. The Morgan fingerprint density at radius 2 is 1.71 bits per heavy atom. The van der Waals surface area contributed by atoms with E-state index in [2.05, 4.69) is 15.9 Å². The van der Waals surface area contributed by atoms with Crippen LogP contribution in [0, 0.1) is 0 Å². The molecule has 0 saturated heterocycles. The quantitative estimate of drug-likeness (QED) is 0.540. The van der Waals surface area contributed by atoms with E-state index in [0.717, 1.165) is 12.0 Å². The van der Waals surface area contributed by atoms with Crippen molar-refractivity contribution in [2.24, 2.45) is 0 Å². The molecule has 126 valence electrons. The van der Waals surface area contributed by atoms with Crippen LogP contribution >= 0.6 is 15.9 Å². The van der Waals surface area contributed by atoms with Gasteiger partial charge < -0.3 is 9.47 Å². The molecule has 0 unspecified atom stereocenters. The standard InChI is InChI=1S/C19H19BrO4/c1-4-13-5-7-14(8-6-13)18(21)12(2)24-19(22)15-9-10-17(23-3)16(20)11-15/h5-12H,4H2,1-3H3/t12-/m0/s1. The van der Waals surface area contributed by atoms with Crippen LogP contribution in [0.25, 0.3) is 0 Å². The van der Waals surface area contributed by atoms with Crippen LogP contribution in [0.3, 0.4) is 0 Å². The maximum atomic E-state index is 12.4. The van der Waals surface area contributed by atoms with E-state index in [9.17, 15) is 9.59 Å². The number of carbonyl (C=O) groups excluding carboxylic acids is 2. The summed E-state index contributed by atoms with van der Waals surface area (Å²) in [4.78, 5) is 24.6. The first-order valence-corrected chi connectivity index (χ1v) is 8.43. The first-order chi connectivity index (χ1) is 11.5. The molecule has 2 aromatic carbocycles. The zero-order valence-electron chi connectivity index (χ0n) is 13.8. The molecule has 4 nitrogen and oxygen atoms in total. The molecule has 5 heteroatoms. The van der Waals surface area contributed by atoms with Gasteiger partial charge >= 0.3 is 5.97 Å². The third kappa shape index (κ3) is 4.23. The smallest absolute Gasteiger partial charge is 0.338 e. The second kappa shape index (κ2) is 8.11. The number of hydrogen-bond donors (Lipinski definition) is 0. The number of halogens is 1. The Morgan fingerprint density at radius 3 is 2.25 bits per heavy atom. The fourth-order valence-corrected chi connectivity index (χ4v) is 2.76. The van der Waals surface area contributed by atoms with Crippen molar-refractivity contribution in [1.82, 2.24) is 0 Å². The minimum Gasteiger partial charge on any atom is -0.496 e. The van der Waals surface area contributed by atoms with Crippen molar-refractivity contribution < 1.29 is 19.1 Å². The van der Waals surface area contributed by atoms with E-state index in [0.29, 0.717) is 21.3 Å². The molecule has 0 amide bonds. The van der Waals surface area contributed by atoms with Crippen molar-refractivity contribution in [2.45, 2.75) is 26.4 Å². The zero-order valence-corrected chi connectivity index (χ0v) is 15.4. The molecule has 0 heterocycles. The Bertz CT molecular complexity index is 738. The number of esters is 1. The maximum Gasteiger partial charge on any atom is 0.338 e. The predicted molar refractivity (Wildman–Crippen MR) is 95.7 cm³/mol. The van der Waals surface area contributed by atoms with Gasteiger partial charge in [0.25, 0.3) is 0 Å². The molecule has 0 fully saturated rings. The molecular formula is C19H19BrO4. The molecule has 0 radical (unpaired) electrons. The van der Waals surface area contributed by atoms with Gasteiger partial charge in [-0.25, -0.2) is 4.79 Å². The minimum absolute atomic E-state index is 0.224. The van der Waals surface area contributed by atoms with Crippen molar-refractivity contribution in [2.75, 3.05) is 7.11 Å². The molecule has 0 aliphatic heterocycles. The second-order valence-corrected chi connectivity index (χ2v) is 6.17. The summed E-state index contributed by atoms with van der Waals surface area (Å²) in [5, 5.41) is 0. The topological polar surface area (TPSA) is 52.6 Å². The van der Waals surface area contributed by atoms with Crippen LogP contribution in [-0.2, 0) is 11.2 Å². The Labute approximate surface area is 149 Å². The summed E-state index contributed by atoms with van der Waals surface area (Å²) in [5.41, 5.74) is 2.03. The summed E-state index contributed by atoms with van der Waals surface area (Å²) in [6.07, 6.45) is 0.0524.